The van der Waals surface area contributed by atoms with E-state index in [4.69, 9.17) is 0 Å². The van der Waals surface area contributed by atoms with Crippen molar-refractivity contribution in [1.82, 2.24) is 10.2 Å². The number of carbonyl (C=O) groups excluding carboxylic acids is 2. The first-order chi connectivity index (χ1) is 9.58. The fourth-order valence-corrected chi connectivity index (χ4v) is 1.56. The van der Waals surface area contributed by atoms with Crippen LogP contribution >= 0.6 is 0 Å². The molecule has 4 nitrogen and oxygen atoms in total. The second-order valence-electron chi connectivity index (χ2n) is 4.10. The van der Waals surface area contributed by atoms with Gasteiger partial charge < -0.3 is 10.2 Å². The van der Waals surface area contributed by atoms with E-state index >= 15 is 0 Å². The second-order valence-corrected chi connectivity index (χ2v) is 4.10. The number of nitrogens with zero attached hydrogens (tertiary/aromatic N) is 1. The highest BCUT2D eigenvalue weighted by Gasteiger charge is 2.19. The van der Waals surface area contributed by atoms with Gasteiger partial charge in [-0.05, 0) is 17.7 Å². The molecule has 1 rings (SSSR count). The molecule has 20 heavy (non-hydrogen) atoms. The van der Waals surface area contributed by atoms with E-state index in [1.165, 1.54) is 29.2 Å². The largest absolute Gasteiger partial charge is 0.344 e. The van der Waals surface area contributed by atoms with Crippen LogP contribution in [0.3, 0.4) is 0 Å². The average Bonchev–Trinajstić information content (AvgIpc) is 2.45. The van der Waals surface area contributed by atoms with E-state index in [0.29, 0.717) is 5.56 Å². The van der Waals surface area contributed by atoms with Gasteiger partial charge in [0.2, 0.25) is 0 Å². The maximum atomic E-state index is 12.7. The van der Waals surface area contributed by atoms with Gasteiger partial charge in [0.05, 0.1) is 0 Å². The Morgan fingerprint density at radius 3 is 2.20 bits per heavy atom. The minimum absolute atomic E-state index is 0.168. The van der Waals surface area contributed by atoms with E-state index in [-0.39, 0.29) is 25.5 Å². The zero-order valence-corrected chi connectivity index (χ0v) is 11.1. The third-order valence-electron chi connectivity index (χ3n) is 2.55. The van der Waals surface area contributed by atoms with Gasteiger partial charge in [0.1, 0.15) is 5.82 Å². The predicted molar refractivity (Wildman–Crippen MR) is 75.2 cm³/mol. The minimum Gasteiger partial charge on any atom is -0.344 e. The number of nitrogens with one attached hydrogen (secondary N) is 1. The van der Waals surface area contributed by atoms with E-state index in [0.717, 1.165) is 0 Å². The van der Waals surface area contributed by atoms with Gasteiger partial charge in [-0.2, -0.15) is 0 Å². The monoisotopic (exact) mass is 276 g/mol. The first-order valence-electron chi connectivity index (χ1n) is 6.11. The maximum Gasteiger partial charge on any atom is 0.312 e. The Morgan fingerprint density at radius 2 is 1.70 bits per heavy atom. The van der Waals surface area contributed by atoms with Gasteiger partial charge >= 0.3 is 11.8 Å². The summed E-state index contributed by atoms with van der Waals surface area (Å²) >= 11 is 0. The molecule has 0 aliphatic heterocycles. The molecule has 0 aliphatic rings. The topological polar surface area (TPSA) is 49.4 Å². The van der Waals surface area contributed by atoms with E-state index in [9.17, 15) is 14.0 Å². The van der Waals surface area contributed by atoms with Crippen LogP contribution in [0.1, 0.15) is 5.56 Å². The molecule has 0 bridgehead atoms. The average molecular weight is 276 g/mol. The lowest BCUT2D eigenvalue weighted by Crippen LogP contribution is -2.42. The molecule has 0 aromatic heterocycles. The molecule has 0 aliphatic carbocycles. The molecule has 0 saturated carbocycles. The molecule has 1 N–H and O–H groups in total. The molecule has 106 valence electrons. The summed E-state index contributed by atoms with van der Waals surface area (Å²) < 4.78 is 12.7. The van der Waals surface area contributed by atoms with Crippen LogP contribution in [0, 0.1) is 5.82 Å². The van der Waals surface area contributed by atoms with Crippen molar-refractivity contribution >= 4 is 11.8 Å². The zero-order chi connectivity index (χ0) is 15.0. The Hall–Kier alpha value is -2.43. The van der Waals surface area contributed by atoms with Crippen molar-refractivity contribution in [1.29, 1.82) is 0 Å². The van der Waals surface area contributed by atoms with E-state index in [1.807, 2.05) is 0 Å². The molecule has 5 heteroatoms. The number of benzene rings is 1. The Labute approximate surface area is 117 Å². The molecular weight excluding hydrogens is 259 g/mol. The maximum absolute atomic E-state index is 12.7. The van der Waals surface area contributed by atoms with Crippen LogP contribution in [0.15, 0.2) is 49.6 Å². The van der Waals surface area contributed by atoms with Crippen molar-refractivity contribution in [2.45, 2.75) is 6.54 Å². The van der Waals surface area contributed by atoms with Crippen molar-refractivity contribution in [3.8, 4) is 0 Å². The summed E-state index contributed by atoms with van der Waals surface area (Å²) in [5.41, 5.74) is 0.714. The summed E-state index contributed by atoms with van der Waals surface area (Å²) in [6.07, 6.45) is 3.07. The number of hydrogen-bond donors (Lipinski definition) is 1. The van der Waals surface area contributed by atoms with Crippen molar-refractivity contribution < 1.29 is 14.0 Å². The van der Waals surface area contributed by atoms with Crippen LogP contribution in [0.25, 0.3) is 0 Å². The molecule has 0 unspecified atom stereocenters. The van der Waals surface area contributed by atoms with Gasteiger partial charge in [-0.15, -0.1) is 13.2 Å². The highest BCUT2D eigenvalue weighted by molar-refractivity contribution is 6.35. The summed E-state index contributed by atoms with van der Waals surface area (Å²) in [4.78, 5) is 24.9. The first-order valence-corrected chi connectivity index (χ1v) is 6.11. The second kappa shape index (κ2) is 7.89. The number of carbonyl (C=O) groups is 2. The summed E-state index contributed by atoms with van der Waals surface area (Å²) in [7, 11) is 0. The fourth-order valence-electron chi connectivity index (χ4n) is 1.56. The number of amides is 2. The third-order valence-corrected chi connectivity index (χ3v) is 2.55. The summed E-state index contributed by atoms with van der Waals surface area (Å²) in [6.45, 7) is 7.77. The zero-order valence-electron chi connectivity index (χ0n) is 11.1. The van der Waals surface area contributed by atoms with Crippen LogP contribution in [0.5, 0.6) is 0 Å². The minimum atomic E-state index is -0.710. The number of halogens is 1. The van der Waals surface area contributed by atoms with Crippen molar-refractivity contribution in [2.24, 2.45) is 0 Å². The smallest absolute Gasteiger partial charge is 0.312 e. The lowest BCUT2D eigenvalue weighted by atomic mass is 10.2. The van der Waals surface area contributed by atoms with Gasteiger partial charge in [-0.3, -0.25) is 9.59 Å². The molecule has 1 aromatic carbocycles. The van der Waals surface area contributed by atoms with Crippen LogP contribution in [0.4, 0.5) is 4.39 Å². The molecule has 2 amide bonds. The van der Waals surface area contributed by atoms with Gasteiger partial charge in [0, 0.05) is 19.6 Å². The van der Waals surface area contributed by atoms with E-state index in [1.54, 1.807) is 12.1 Å². The molecule has 0 fully saturated rings. The Kier molecular flexibility index (Phi) is 6.16. The highest BCUT2D eigenvalue weighted by atomic mass is 19.1. The van der Waals surface area contributed by atoms with E-state index in [2.05, 4.69) is 18.5 Å². The van der Waals surface area contributed by atoms with Crippen LogP contribution in [0.2, 0.25) is 0 Å². The van der Waals surface area contributed by atoms with Crippen LogP contribution in [-0.4, -0.2) is 29.8 Å². The molecule has 0 heterocycles. The normalized spacial score (nSPS) is 9.65. The Balaban J connectivity index is 2.56. The van der Waals surface area contributed by atoms with Crippen LogP contribution in [-0.2, 0) is 16.1 Å². The van der Waals surface area contributed by atoms with Crippen molar-refractivity contribution in [3.05, 3.63) is 61.0 Å². The predicted octanol–water partition coefficient (Wildman–Crippen LogP) is 1.64. The Bertz CT molecular complexity index is 487. The summed E-state index contributed by atoms with van der Waals surface area (Å²) in [5.74, 6) is -1.70. The first kappa shape index (κ1) is 15.6. The third kappa shape index (κ3) is 4.68. The quantitative estimate of drug-likeness (QED) is 0.634. The fraction of sp³-hybridized carbons (Fsp3) is 0.200. The lowest BCUT2D eigenvalue weighted by Gasteiger charge is -2.18. The molecule has 0 atom stereocenters. The van der Waals surface area contributed by atoms with Crippen LogP contribution < -0.4 is 5.32 Å². The highest BCUT2D eigenvalue weighted by Crippen LogP contribution is 2.02. The SMILES string of the molecule is C=CCN(CC=C)C(=O)C(=O)NCc1ccc(F)cc1. The lowest BCUT2D eigenvalue weighted by molar-refractivity contribution is -0.145. The number of rotatable bonds is 6. The van der Waals surface area contributed by atoms with E-state index < -0.39 is 11.8 Å². The van der Waals surface area contributed by atoms with Crippen molar-refractivity contribution in [3.63, 3.8) is 0 Å². The molecule has 0 spiro atoms. The summed E-state index contributed by atoms with van der Waals surface area (Å²) in [6, 6.07) is 5.69. The molecule has 0 radical (unpaired) electrons. The Morgan fingerprint density at radius 1 is 1.15 bits per heavy atom. The molecule has 0 saturated heterocycles. The van der Waals surface area contributed by atoms with Gasteiger partial charge in [-0.1, -0.05) is 24.3 Å². The standard InChI is InChI=1S/C15H17FN2O2/c1-3-9-18(10-4-2)15(20)14(19)17-11-12-5-7-13(16)8-6-12/h3-8H,1-2,9-11H2,(H,17,19). The molecular formula is C15H17FN2O2. The van der Waals surface area contributed by atoms with Gasteiger partial charge in [0.15, 0.2) is 0 Å². The van der Waals surface area contributed by atoms with Gasteiger partial charge in [-0.25, -0.2) is 4.39 Å². The summed E-state index contributed by atoms with van der Waals surface area (Å²) in [5, 5.41) is 2.49. The number of hydrogen-bond acceptors (Lipinski definition) is 2. The molecule has 1 aromatic rings. The van der Waals surface area contributed by atoms with Crippen molar-refractivity contribution in [2.75, 3.05) is 13.1 Å². The van der Waals surface area contributed by atoms with Gasteiger partial charge in [0.25, 0.3) is 0 Å².